The van der Waals surface area contributed by atoms with Gasteiger partial charge in [-0.05, 0) is 30.5 Å². The monoisotopic (exact) mass is 265 g/mol. The van der Waals surface area contributed by atoms with Crippen molar-refractivity contribution in [2.75, 3.05) is 0 Å². The maximum absolute atomic E-state index is 11.1. The first-order valence-electron chi connectivity index (χ1n) is 5.54. The first-order valence-corrected chi connectivity index (χ1v) is 5.54. The smallest absolute Gasteiger partial charge is 0.336 e. The zero-order valence-corrected chi connectivity index (χ0v) is 10.0. The van der Waals surface area contributed by atoms with Crippen molar-refractivity contribution in [2.24, 2.45) is 0 Å². The number of carboxylic acids is 3. The van der Waals surface area contributed by atoms with Crippen molar-refractivity contribution < 1.29 is 29.7 Å². The maximum atomic E-state index is 11.1. The lowest BCUT2D eigenvalue weighted by Gasteiger charge is -2.11. The summed E-state index contributed by atoms with van der Waals surface area (Å²) < 4.78 is 0. The van der Waals surface area contributed by atoms with Crippen LogP contribution in [-0.2, 0) is 6.42 Å². The Hall–Kier alpha value is -2.37. The fourth-order valence-electron chi connectivity index (χ4n) is 1.75. The van der Waals surface area contributed by atoms with Crippen molar-refractivity contribution in [3.63, 3.8) is 0 Å². The van der Waals surface area contributed by atoms with Crippen LogP contribution >= 0.6 is 0 Å². The van der Waals surface area contributed by atoms with Crippen molar-refractivity contribution in [3.8, 4) is 0 Å². The third-order valence-electron chi connectivity index (χ3n) is 2.63. The number of hydrogen-bond donors (Lipinski definition) is 3. The molecule has 6 nitrogen and oxygen atoms in total. The highest BCUT2D eigenvalue weighted by molar-refractivity contribution is 6.01. The van der Waals surface area contributed by atoms with Gasteiger partial charge in [-0.25, -0.2) is 14.4 Å². The van der Waals surface area contributed by atoms with Crippen molar-refractivity contribution in [1.29, 1.82) is 0 Å². The largest absolute Gasteiger partial charge is 0.478 e. The van der Waals surface area contributed by atoms with Crippen LogP contribution in [-0.4, -0.2) is 33.2 Å². The summed E-state index contributed by atoms with van der Waals surface area (Å²) in [5, 5.41) is 27.0. The summed E-state index contributed by atoms with van der Waals surface area (Å²) in [6.07, 6.45) is 1.28. The Morgan fingerprint density at radius 3 is 1.74 bits per heavy atom. The molecule has 0 saturated heterocycles. The van der Waals surface area contributed by atoms with Gasteiger partial charge in [0.05, 0.1) is 16.7 Å². The van der Waals surface area contributed by atoms with Crippen LogP contribution in [0.2, 0.25) is 0 Å². The van der Waals surface area contributed by atoms with Crippen LogP contribution in [0.3, 0.4) is 0 Å². The number of carbonyl (C=O) groups is 3. The molecule has 0 bridgehead atoms. The second-order valence-corrected chi connectivity index (χ2v) is 3.92. The molecule has 3 N–H and O–H groups in total. The van der Waals surface area contributed by atoms with E-state index in [1.165, 1.54) is 0 Å². The van der Waals surface area contributed by atoms with Gasteiger partial charge in [0, 0.05) is 0 Å². The van der Waals surface area contributed by atoms with E-state index in [1.807, 2.05) is 0 Å². The fraction of sp³-hybridized carbons (Fsp3) is 0.231. The molecule has 0 heterocycles. The van der Waals surface area contributed by atoms with Gasteiger partial charge in [-0.1, -0.05) is 13.3 Å². The van der Waals surface area contributed by atoms with Gasteiger partial charge >= 0.3 is 17.9 Å². The number of aromatic carboxylic acids is 3. The van der Waals surface area contributed by atoms with E-state index in [0.29, 0.717) is 12.8 Å². The predicted molar refractivity (Wildman–Crippen MR) is 65.6 cm³/mol. The molecule has 1 aromatic carbocycles. The Kier molecular flexibility index (Phi) is 4.63. The number of hydrogen-bond acceptors (Lipinski definition) is 3. The maximum Gasteiger partial charge on any atom is 0.336 e. The predicted octanol–water partition coefficient (Wildman–Crippen LogP) is 1.94. The molecule has 6 heteroatoms. The van der Waals surface area contributed by atoms with Crippen molar-refractivity contribution in [1.82, 2.24) is 0 Å². The van der Waals surface area contributed by atoms with Gasteiger partial charge in [-0.2, -0.15) is 0 Å². The zero-order valence-electron chi connectivity index (χ0n) is 10.0. The summed E-state index contributed by atoms with van der Waals surface area (Å²) >= 11 is 0. The van der Waals surface area contributed by atoms with Crippen LogP contribution in [0, 0.1) is 6.92 Å². The van der Waals surface area contributed by atoms with Crippen molar-refractivity contribution in [3.05, 3.63) is 41.3 Å². The Morgan fingerprint density at radius 1 is 0.947 bits per heavy atom. The molecule has 0 saturated carbocycles. The number of benzene rings is 1. The van der Waals surface area contributed by atoms with Gasteiger partial charge in [-0.15, -0.1) is 0 Å². The molecular formula is C13H13O6. The molecule has 19 heavy (non-hydrogen) atoms. The van der Waals surface area contributed by atoms with E-state index >= 15 is 0 Å². The molecule has 0 fully saturated rings. The van der Waals surface area contributed by atoms with E-state index in [4.69, 9.17) is 15.3 Å². The van der Waals surface area contributed by atoms with E-state index in [1.54, 1.807) is 0 Å². The highest BCUT2D eigenvalue weighted by atomic mass is 16.4. The number of unbranched alkanes of at least 4 members (excludes halogenated alkanes) is 1. The Morgan fingerprint density at radius 2 is 1.42 bits per heavy atom. The van der Waals surface area contributed by atoms with Gasteiger partial charge in [0.2, 0.25) is 0 Å². The molecule has 1 rings (SSSR count). The number of rotatable bonds is 6. The molecule has 0 spiro atoms. The highest BCUT2D eigenvalue weighted by Gasteiger charge is 2.21. The Bertz CT molecular complexity index is 497. The average Bonchev–Trinajstić information content (AvgIpc) is 2.34. The number of carboxylic acid groups (broad SMARTS) is 3. The van der Waals surface area contributed by atoms with E-state index in [-0.39, 0.29) is 28.7 Å². The van der Waals surface area contributed by atoms with Crippen LogP contribution in [0.5, 0.6) is 0 Å². The normalized spacial score (nSPS) is 10.2. The molecule has 0 aliphatic carbocycles. The third kappa shape index (κ3) is 3.31. The first kappa shape index (κ1) is 14.7. The summed E-state index contributed by atoms with van der Waals surface area (Å²) in [7, 11) is 0. The molecule has 1 radical (unpaired) electrons. The molecule has 0 amide bonds. The van der Waals surface area contributed by atoms with E-state index in [9.17, 15) is 14.4 Å². The Balaban J connectivity index is 3.50. The quantitative estimate of drug-likeness (QED) is 0.724. The molecule has 1 aromatic rings. The lowest BCUT2D eigenvalue weighted by Crippen LogP contribution is -2.13. The standard InChI is InChI=1S/C13H13O6/c1-2-3-4-8-9(12(16)17)5-7(11(14)15)6-10(8)13(18)19/h5-6H,1-4H2,(H,14,15)(H,16,17)(H,18,19). The molecular weight excluding hydrogens is 252 g/mol. The van der Waals surface area contributed by atoms with E-state index in [0.717, 1.165) is 12.1 Å². The highest BCUT2D eigenvalue weighted by Crippen LogP contribution is 2.21. The second kappa shape index (κ2) is 5.99. The van der Waals surface area contributed by atoms with Gasteiger partial charge < -0.3 is 15.3 Å². The van der Waals surface area contributed by atoms with Crippen molar-refractivity contribution in [2.45, 2.75) is 19.3 Å². The Labute approximate surface area is 109 Å². The summed E-state index contributed by atoms with van der Waals surface area (Å²) in [6.45, 7) is 3.61. The minimum absolute atomic E-state index is 0.133. The zero-order chi connectivity index (χ0) is 14.6. The summed E-state index contributed by atoms with van der Waals surface area (Å²) in [4.78, 5) is 33.1. The average molecular weight is 265 g/mol. The second-order valence-electron chi connectivity index (χ2n) is 3.92. The molecule has 0 aliphatic heterocycles. The van der Waals surface area contributed by atoms with Gasteiger partial charge in [-0.3, -0.25) is 0 Å². The molecule has 0 unspecified atom stereocenters. The molecule has 0 aromatic heterocycles. The van der Waals surface area contributed by atoms with Crippen LogP contribution in [0.15, 0.2) is 12.1 Å². The first-order chi connectivity index (χ1) is 8.88. The van der Waals surface area contributed by atoms with Gasteiger partial charge in [0.15, 0.2) is 0 Å². The molecule has 0 atom stereocenters. The van der Waals surface area contributed by atoms with Gasteiger partial charge in [0.1, 0.15) is 0 Å². The van der Waals surface area contributed by atoms with E-state index < -0.39 is 17.9 Å². The van der Waals surface area contributed by atoms with Crippen LogP contribution < -0.4 is 0 Å². The SMILES string of the molecule is [CH2]CCCc1c(C(=O)O)cc(C(=O)O)cc1C(=O)O. The molecule has 101 valence electrons. The van der Waals surface area contributed by atoms with Crippen LogP contribution in [0.4, 0.5) is 0 Å². The summed E-state index contributed by atoms with van der Waals surface area (Å²) in [5.41, 5.74) is -0.793. The summed E-state index contributed by atoms with van der Waals surface area (Å²) in [5.74, 6) is -4.05. The minimum atomic E-state index is -1.37. The lowest BCUT2D eigenvalue weighted by atomic mass is 9.93. The lowest BCUT2D eigenvalue weighted by molar-refractivity contribution is 0.0694. The van der Waals surface area contributed by atoms with Crippen LogP contribution in [0.1, 0.15) is 49.5 Å². The van der Waals surface area contributed by atoms with E-state index in [2.05, 4.69) is 6.92 Å². The van der Waals surface area contributed by atoms with Crippen LogP contribution in [0.25, 0.3) is 0 Å². The molecule has 0 aliphatic rings. The van der Waals surface area contributed by atoms with Crippen molar-refractivity contribution >= 4 is 17.9 Å². The third-order valence-corrected chi connectivity index (χ3v) is 2.63. The topological polar surface area (TPSA) is 112 Å². The van der Waals surface area contributed by atoms with Gasteiger partial charge in [0.25, 0.3) is 0 Å². The summed E-state index contributed by atoms with van der Waals surface area (Å²) in [6, 6.07) is 1.96. The fourth-order valence-corrected chi connectivity index (χ4v) is 1.75. The minimum Gasteiger partial charge on any atom is -0.478 e.